The van der Waals surface area contributed by atoms with Crippen LogP contribution in [0, 0.1) is 0 Å². The smallest absolute Gasteiger partial charge is 0.115 e. The minimum Gasteiger partial charge on any atom is -0.508 e. The van der Waals surface area contributed by atoms with Crippen molar-refractivity contribution in [3.8, 4) is 5.75 Å². The fourth-order valence-corrected chi connectivity index (χ4v) is 1.05. The Labute approximate surface area is 113 Å². The van der Waals surface area contributed by atoms with E-state index in [9.17, 15) is 0 Å². The fourth-order valence-electron chi connectivity index (χ4n) is 1.05. The van der Waals surface area contributed by atoms with Crippen LogP contribution in [-0.2, 0) is 0 Å². The molecule has 3 heteroatoms. The van der Waals surface area contributed by atoms with Crippen molar-refractivity contribution in [2.75, 3.05) is 0 Å². The summed E-state index contributed by atoms with van der Waals surface area (Å²) in [6, 6.07) is 20.1. The van der Waals surface area contributed by atoms with Crippen molar-refractivity contribution in [2.45, 2.75) is 0 Å². The van der Waals surface area contributed by atoms with Gasteiger partial charge in [0.15, 0.2) is 0 Å². The molecular formula is C16H16N2O. The highest BCUT2D eigenvalue weighted by Crippen LogP contribution is 2.02. The van der Waals surface area contributed by atoms with E-state index < -0.39 is 0 Å². The summed E-state index contributed by atoms with van der Waals surface area (Å²) in [5.74, 6) is 0.322. The monoisotopic (exact) mass is 252 g/mol. The lowest BCUT2D eigenvalue weighted by molar-refractivity contribution is 0.475. The lowest BCUT2D eigenvalue weighted by Crippen LogP contribution is -1.58. The Morgan fingerprint density at radius 1 is 0.526 bits per heavy atom. The average Bonchev–Trinajstić information content (AvgIpc) is 2.53. The van der Waals surface area contributed by atoms with Gasteiger partial charge in [0.2, 0.25) is 0 Å². The zero-order valence-electron chi connectivity index (χ0n) is 10.5. The first-order valence-corrected chi connectivity index (χ1v) is 5.83. The summed E-state index contributed by atoms with van der Waals surface area (Å²) in [6.07, 6.45) is 7.00. The summed E-state index contributed by atoms with van der Waals surface area (Å²) in [4.78, 5) is 7.57. The molecule has 2 aromatic heterocycles. The third-order valence-electron chi connectivity index (χ3n) is 1.89. The maximum Gasteiger partial charge on any atom is 0.115 e. The third-order valence-corrected chi connectivity index (χ3v) is 1.89. The molecule has 2 heterocycles. The van der Waals surface area contributed by atoms with Crippen LogP contribution in [0.5, 0.6) is 5.75 Å². The predicted octanol–water partition coefficient (Wildman–Crippen LogP) is 3.56. The van der Waals surface area contributed by atoms with Crippen LogP contribution in [0.1, 0.15) is 0 Å². The van der Waals surface area contributed by atoms with Crippen molar-refractivity contribution in [2.24, 2.45) is 0 Å². The number of benzene rings is 1. The number of aromatic hydroxyl groups is 1. The van der Waals surface area contributed by atoms with Crippen LogP contribution < -0.4 is 0 Å². The quantitative estimate of drug-likeness (QED) is 0.665. The van der Waals surface area contributed by atoms with Gasteiger partial charge < -0.3 is 5.11 Å². The van der Waals surface area contributed by atoms with E-state index in [1.165, 1.54) is 0 Å². The SMILES string of the molecule is Oc1ccccc1.c1ccncc1.c1ccncc1. The summed E-state index contributed by atoms with van der Waals surface area (Å²) in [6.45, 7) is 0. The van der Waals surface area contributed by atoms with E-state index in [4.69, 9.17) is 5.11 Å². The van der Waals surface area contributed by atoms with Crippen molar-refractivity contribution in [1.29, 1.82) is 0 Å². The van der Waals surface area contributed by atoms with Gasteiger partial charge in [-0.25, -0.2) is 0 Å². The number of para-hydroxylation sites is 1. The van der Waals surface area contributed by atoms with Crippen molar-refractivity contribution in [1.82, 2.24) is 9.97 Å². The Hall–Kier alpha value is -2.68. The number of aromatic nitrogens is 2. The second kappa shape index (κ2) is 10.5. The summed E-state index contributed by atoms with van der Waals surface area (Å²) in [5.41, 5.74) is 0. The van der Waals surface area contributed by atoms with E-state index in [-0.39, 0.29) is 0 Å². The van der Waals surface area contributed by atoms with E-state index in [1.54, 1.807) is 49.1 Å². The number of phenols is 1. The Bertz CT molecular complexity index is 416. The Balaban J connectivity index is 0.000000143. The lowest BCUT2D eigenvalue weighted by Gasteiger charge is -1.82. The van der Waals surface area contributed by atoms with Crippen LogP contribution >= 0.6 is 0 Å². The van der Waals surface area contributed by atoms with Crippen molar-refractivity contribution < 1.29 is 5.11 Å². The molecule has 0 unspecified atom stereocenters. The molecular weight excluding hydrogens is 236 g/mol. The van der Waals surface area contributed by atoms with Gasteiger partial charge >= 0.3 is 0 Å². The fraction of sp³-hybridized carbons (Fsp3) is 0. The maximum absolute atomic E-state index is 8.63. The molecule has 0 radical (unpaired) electrons. The van der Waals surface area contributed by atoms with E-state index in [1.807, 2.05) is 42.5 Å². The van der Waals surface area contributed by atoms with E-state index >= 15 is 0 Å². The van der Waals surface area contributed by atoms with Gasteiger partial charge in [-0.3, -0.25) is 9.97 Å². The molecule has 0 amide bonds. The third kappa shape index (κ3) is 9.06. The summed E-state index contributed by atoms with van der Waals surface area (Å²) < 4.78 is 0. The molecule has 3 rings (SSSR count). The number of hydrogen-bond donors (Lipinski definition) is 1. The molecule has 1 N–H and O–H groups in total. The van der Waals surface area contributed by atoms with Crippen LogP contribution in [0.3, 0.4) is 0 Å². The zero-order valence-corrected chi connectivity index (χ0v) is 10.5. The van der Waals surface area contributed by atoms with Crippen LogP contribution in [0.25, 0.3) is 0 Å². The molecule has 0 saturated heterocycles. The molecule has 3 aromatic rings. The van der Waals surface area contributed by atoms with Gasteiger partial charge in [0.05, 0.1) is 0 Å². The van der Waals surface area contributed by atoms with E-state index in [2.05, 4.69) is 9.97 Å². The Kier molecular flexibility index (Phi) is 7.93. The molecule has 0 fully saturated rings. The Morgan fingerprint density at radius 3 is 1.05 bits per heavy atom. The van der Waals surface area contributed by atoms with Gasteiger partial charge in [0.1, 0.15) is 5.75 Å². The number of pyridine rings is 2. The molecule has 19 heavy (non-hydrogen) atoms. The maximum atomic E-state index is 8.63. The number of phenolic OH excluding ortho intramolecular Hbond substituents is 1. The van der Waals surface area contributed by atoms with Gasteiger partial charge in [0.25, 0.3) is 0 Å². The molecule has 0 aliphatic carbocycles. The molecule has 0 aliphatic rings. The molecule has 0 saturated carbocycles. The number of hydrogen-bond acceptors (Lipinski definition) is 3. The highest BCUT2D eigenvalue weighted by molar-refractivity contribution is 5.18. The standard InChI is InChI=1S/C6H6O.2C5H5N/c7-6-4-2-1-3-5-6;2*1-2-4-6-5-3-1/h1-5,7H;2*1-5H. The van der Waals surface area contributed by atoms with Crippen molar-refractivity contribution in [3.05, 3.63) is 91.5 Å². The summed E-state index contributed by atoms with van der Waals surface area (Å²) in [7, 11) is 0. The molecule has 3 nitrogen and oxygen atoms in total. The van der Waals surface area contributed by atoms with Gasteiger partial charge in [0, 0.05) is 24.8 Å². The van der Waals surface area contributed by atoms with Crippen LogP contribution in [0.4, 0.5) is 0 Å². The second-order valence-corrected chi connectivity index (χ2v) is 3.38. The van der Waals surface area contributed by atoms with E-state index in [0.29, 0.717) is 5.75 Å². The predicted molar refractivity (Wildman–Crippen MR) is 76.6 cm³/mol. The molecule has 0 atom stereocenters. The zero-order chi connectivity index (χ0) is 13.6. The van der Waals surface area contributed by atoms with Gasteiger partial charge in [-0.05, 0) is 36.4 Å². The minimum absolute atomic E-state index is 0.322. The van der Waals surface area contributed by atoms with Crippen molar-refractivity contribution >= 4 is 0 Å². The highest BCUT2D eigenvalue weighted by atomic mass is 16.3. The van der Waals surface area contributed by atoms with Crippen molar-refractivity contribution in [3.63, 3.8) is 0 Å². The van der Waals surface area contributed by atoms with Crippen LogP contribution in [0.15, 0.2) is 91.5 Å². The largest absolute Gasteiger partial charge is 0.508 e. The first kappa shape index (κ1) is 14.4. The number of rotatable bonds is 0. The highest BCUT2D eigenvalue weighted by Gasteiger charge is 1.74. The average molecular weight is 252 g/mol. The molecule has 0 spiro atoms. The Morgan fingerprint density at radius 2 is 0.895 bits per heavy atom. The molecule has 0 aliphatic heterocycles. The summed E-state index contributed by atoms with van der Waals surface area (Å²) >= 11 is 0. The molecule has 96 valence electrons. The first-order chi connectivity index (χ1) is 9.39. The minimum atomic E-state index is 0.322. The van der Waals surface area contributed by atoms with Gasteiger partial charge in [-0.15, -0.1) is 0 Å². The van der Waals surface area contributed by atoms with Crippen LogP contribution in [-0.4, -0.2) is 15.1 Å². The summed E-state index contributed by atoms with van der Waals surface area (Å²) in [5, 5.41) is 8.63. The molecule has 1 aromatic carbocycles. The number of nitrogens with zero attached hydrogens (tertiary/aromatic N) is 2. The van der Waals surface area contributed by atoms with Gasteiger partial charge in [-0.1, -0.05) is 30.3 Å². The van der Waals surface area contributed by atoms with E-state index in [0.717, 1.165) is 0 Å². The topological polar surface area (TPSA) is 46.0 Å². The van der Waals surface area contributed by atoms with Crippen LogP contribution in [0.2, 0.25) is 0 Å². The lowest BCUT2D eigenvalue weighted by atomic mass is 10.3. The normalized spacial score (nSPS) is 8.21. The first-order valence-electron chi connectivity index (χ1n) is 5.83. The molecule has 0 bridgehead atoms. The second-order valence-electron chi connectivity index (χ2n) is 3.38. The van der Waals surface area contributed by atoms with Gasteiger partial charge in [-0.2, -0.15) is 0 Å².